The van der Waals surface area contributed by atoms with Gasteiger partial charge in [-0.05, 0) is 38.1 Å². The zero-order chi connectivity index (χ0) is 13.9. The summed E-state index contributed by atoms with van der Waals surface area (Å²) in [5.41, 5.74) is 2.18. The Hall–Kier alpha value is -1.55. The Kier molecular flexibility index (Phi) is 3.92. The highest BCUT2D eigenvalue weighted by molar-refractivity contribution is 5.43. The fourth-order valence-electron chi connectivity index (χ4n) is 3.19. The number of hydrogen-bond acceptors (Lipinski definition) is 3. The summed E-state index contributed by atoms with van der Waals surface area (Å²) in [6.07, 6.45) is 9.17. The van der Waals surface area contributed by atoms with Crippen LogP contribution in [0.3, 0.4) is 0 Å². The molecule has 1 aliphatic rings. The van der Waals surface area contributed by atoms with Crippen molar-refractivity contribution < 1.29 is 4.74 Å². The van der Waals surface area contributed by atoms with Crippen molar-refractivity contribution in [2.45, 2.75) is 38.6 Å². The van der Waals surface area contributed by atoms with E-state index in [1.807, 2.05) is 18.3 Å². The summed E-state index contributed by atoms with van der Waals surface area (Å²) < 4.78 is 7.32. The third-order valence-electron chi connectivity index (χ3n) is 4.31. The highest BCUT2D eigenvalue weighted by Crippen LogP contribution is 2.21. The minimum Gasteiger partial charge on any atom is -0.495 e. The monoisotopic (exact) mass is 273 g/mol. The van der Waals surface area contributed by atoms with E-state index in [0.717, 1.165) is 24.4 Å². The van der Waals surface area contributed by atoms with Crippen LogP contribution < -0.4 is 4.74 Å². The lowest BCUT2D eigenvalue weighted by atomic mass is 9.98. The van der Waals surface area contributed by atoms with E-state index >= 15 is 0 Å². The summed E-state index contributed by atoms with van der Waals surface area (Å²) in [5.74, 6) is 0.870. The van der Waals surface area contributed by atoms with Crippen LogP contribution in [-0.2, 0) is 6.42 Å². The number of ether oxygens (including phenoxy) is 1. The Morgan fingerprint density at radius 1 is 1.30 bits per heavy atom. The van der Waals surface area contributed by atoms with Gasteiger partial charge < -0.3 is 14.0 Å². The molecule has 1 unspecified atom stereocenters. The molecule has 0 N–H and O–H groups in total. The first-order chi connectivity index (χ1) is 9.80. The van der Waals surface area contributed by atoms with Crippen LogP contribution in [0.1, 0.15) is 31.9 Å². The van der Waals surface area contributed by atoms with Crippen LogP contribution >= 0.6 is 0 Å². The van der Waals surface area contributed by atoms with Gasteiger partial charge in [0, 0.05) is 18.7 Å². The van der Waals surface area contributed by atoms with Crippen LogP contribution in [0.2, 0.25) is 0 Å². The van der Waals surface area contributed by atoms with Gasteiger partial charge in [-0.2, -0.15) is 0 Å². The standard InChI is InChI=1S/C16H23N3O/c1-3-18-9-5-4-6-14(18)10-13-11-19-12-15(20-2)7-8-16(19)17-13/h7-8,11-12,14H,3-6,9-10H2,1-2H3. The van der Waals surface area contributed by atoms with Gasteiger partial charge in [-0.15, -0.1) is 0 Å². The zero-order valence-corrected chi connectivity index (χ0v) is 12.4. The first-order valence-electron chi connectivity index (χ1n) is 7.56. The van der Waals surface area contributed by atoms with E-state index in [9.17, 15) is 0 Å². The van der Waals surface area contributed by atoms with Crippen molar-refractivity contribution in [3.05, 3.63) is 30.2 Å². The van der Waals surface area contributed by atoms with Crippen molar-refractivity contribution in [1.29, 1.82) is 0 Å². The van der Waals surface area contributed by atoms with Crippen LogP contribution in [0.4, 0.5) is 0 Å². The molecule has 1 atom stereocenters. The summed E-state index contributed by atoms with van der Waals surface area (Å²) in [6.45, 7) is 4.64. The molecule has 4 nitrogen and oxygen atoms in total. The Morgan fingerprint density at radius 2 is 2.20 bits per heavy atom. The average Bonchev–Trinajstić information content (AvgIpc) is 2.89. The quantitative estimate of drug-likeness (QED) is 0.858. The molecule has 20 heavy (non-hydrogen) atoms. The minimum absolute atomic E-state index is 0.653. The predicted octanol–water partition coefficient (Wildman–Crippen LogP) is 2.76. The van der Waals surface area contributed by atoms with Gasteiger partial charge in [-0.1, -0.05) is 13.3 Å². The second-order valence-electron chi connectivity index (χ2n) is 5.55. The molecule has 0 radical (unpaired) electrons. The van der Waals surface area contributed by atoms with Gasteiger partial charge in [0.15, 0.2) is 0 Å². The molecule has 4 heteroatoms. The number of likely N-dealkylation sites (tertiary alicyclic amines) is 1. The Labute approximate surface area is 120 Å². The number of likely N-dealkylation sites (N-methyl/N-ethyl adjacent to an activating group) is 1. The van der Waals surface area contributed by atoms with E-state index in [4.69, 9.17) is 9.72 Å². The fourth-order valence-corrected chi connectivity index (χ4v) is 3.19. The van der Waals surface area contributed by atoms with Crippen LogP contribution in [0.5, 0.6) is 5.75 Å². The number of imidazole rings is 1. The van der Waals surface area contributed by atoms with E-state index in [0.29, 0.717) is 6.04 Å². The number of methoxy groups -OCH3 is 1. The Morgan fingerprint density at radius 3 is 3.00 bits per heavy atom. The maximum absolute atomic E-state index is 5.26. The first kappa shape index (κ1) is 13.4. The highest BCUT2D eigenvalue weighted by atomic mass is 16.5. The molecule has 2 aromatic heterocycles. The third kappa shape index (κ3) is 2.66. The topological polar surface area (TPSA) is 29.8 Å². The highest BCUT2D eigenvalue weighted by Gasteiger charge is 2.22. The number of hydrogen-bond donors (Lipinski definition) is 0. The summed E-state index contributed by atoms with van der Waals surface area (Å²) in [6, 6.07) is 4.63. The van der Waals surface area contributed by atoms with Crippen LogP contribution in [0.15, 0.2) is 24.5 Å². The molecule has 0 bridgehead atoms. The largest absolute Gasteiger partial charge is 0.495 e. The van der Waals surface area contributed by atoms with Crippen LogP contribution in [-0.4, -0.2) is 40.5 Å². The van der Waals surface area contributed by atoms with Crippen LogP contribution in [0.25, 0.3) is 5.65 Å². The molecule has 0 amide bonds. The summed E-state index contributed by atoms with van der Waals surface area (Å²) in [5, 5.41) is 0. The Balaban J connectivity index is 1.79. The van der Waals surface area contributed by atoms with Gasteiger partial charge >= 0.3 is 0 Å². The lowest BCUT2D eigenvalue weighted by molar-refractivity contribution is 0.155. The normalized spacial score (nSPS) is 20.4. The average molecular weight is 273 g/mol. The lowest BCUT2D eigenvalue weighted by Gasteiger charge is -2.34. The first-order valence-corrected chi connectivity index (χ1v) is 7.56. The minimum atomic E-state index is 0.653. The number of nitrogens with zero attached hydrogens (tertiary/aromatic N) is 3. The van der Waals surface area contributed by atoms with E-state index in [1.165, 1.54) is 31.5 Å². The van der Waals surface area contributed by atoms with Crippen molar-refractivity contribution in [3.63, 3.8) is 0 Å². The van der Waals surface area contributed by atoms with Gasteiger partial charge in [-0.3, -0.25) is 0 Å². The van der Waals surface area contributed by atoms with Crippen molar-refractivity contribution in [2.75, 3.05) is 20.2 Å². The maximum atomic E-state index is 5.26. The number of piperidine rings is 1. The van der Waals surface area contributed by atoms with E-state index in [-0.39, 0.29) is 0 Å². The molecule has 108 valence electrons. The summed E-state index contributed by atoms with van der Waals surface area (Å²) in [7, 11) is 1.69. The smallest absolute Gasteiger partial charge is 0.137 e. The Bertz CT molecular complexity index is 578. The summed E-state index contributed by atoms with van der Waals surface area (Å²) >= 11 is 0. The van der Waals surface area contributed by atoms with Gasteiger partial charge in [0.1, 0.15) is 11.4 Å². The van der Waals surface area contributed by atoms with Crippen molar-refractivity contribution in [3.8, 4) is 5.75 Å². The third-order valence-corrected chi connectivity index (χ3v) is 4.31. The number of pyridine rings is 1. The number of aromatic nitrogens is 2. The van der Waals surface area contributed by atoms with Gasteiger partial charge in [-0.25, -0.2) is 4.98 Å². The van der Waals surface area contributed by atoms with Crippen molar-refractivity contribution in [1.82, 2.24) is 14.3 Å². The fraction of sp³-hybridized carbons (Fsp3) is 0.562. The molecule has 1 saturated heterocycles. The number of fused-ring (bicyclic) bond motifs is 1. The SMILES string of the molecule is CCN1CCCCC1Cc1cn2cc(OC)ccc2n1. The lowest BCUT2D eigenvalue weighted by Crippen LogP contribution is -2.40. The van der Waals surface area contributed by atoms with Gasteiger partial charge in [0.2, 0.25) is 0 Å². The molecule has 0 saturated carbocycles. The molecular formula is C16H23N3O. The molecule has 0 aromatic carbocycles. The molecule has 2 aromatic rings. The second-order valence-corrected chi connectivity index (χ2v) is 5.55. The molecule has 3 heterocycles. The van der Waals surface area contributed by atoms with Crippen LogP contribution in [0, 0.1) is 0 Å². The maximum Gasteiger partial charge on any atom is 0.137 e. The predicted molar refractivity (Wildman–Crippen MR) is 80.3 cm³/mol. The molecular weight excluding hydrogens is 250 g/mol. The van der Waals surface area contributed by atoms with E-state index in [2.05, 4.69) is 22.4 Å². The zero-order valence-electron chi connectivity index (χ0n) is 12.4. The van der Waals surface area contributed by atoms with Gasteiger partial charge in [0.25, 0.3) is 0 Å². The van der Waals surface area contributed by atoms with E-state index < -0.39 is 0 Å². The van der Waals surface area contributed by atoms with Gasteiger partial charge in [0.05, 0.1) is 19.0 Å². The molecule has 0 spiro atoms. The van der Waals surface area contributed by atoms with E-state index in [1.54, 1.807) is 7.11 Å². The molecule has 1 aliphatic heterocycles. The summed E-state index contributed by atoms with van der Waals surface area (Å²) in [4.78, 5) is 7.32. The van der Waals surface area contributed by atoms with Crippen molar-refractivity contribution >= 4 is 5.65 Å². The number of rotatable bonds is 4. The second kappa shape index (κ2) is 5.83. The van der Waals surface area contributed by atoms with Crippen molar-refractivity contribution in [2.24, 2.45) is 0 Å². The molecule has 0 aliphatic carbocycles. The molecule has 1 fully saturated rings. The molecule has 3 rings (SSSR count).